The molecule has 0 radical (unpaired) electrons. The first-order chi connectivity index (χ1) is 4.16. The van der Waals surface area contributed by atoms with Crippen LogP contribution in [0.1, 0.15) is 33.1 Å². The fourth-order valence-corrected chi connectivity index (χ4v) is 1.09. The van der Waals surface area contributed by atoms with E-state index in [0.29, 0.717) is 5.25 Å². The van der Waals surface area contributed by atoms with Crippen molar-refractivity contribution in [2.75, 3.05) is 0 Å². The molecular formula is C7H16OS. The van der Waals surface area contributed by atoms with Crippen molar-refractivity contribution in [1.29, 1.82) is 0 Å². The first-order valence-electron chi connectivity index (χ1n) is 3.53. The third-order valence-electron chi connectivity index (χ3n) is 1.24. The van der Waals surface area contributed by atoms with Gasteiger partial charge in [0.25, 0.3) is 0 Å². The Morgan fingerprint density at radius 3 is 2.44 bits per heavy atom. The van der Waals surface area contributed by atoms with E-state index in [1.54, 1.807) is 0 Å². The van der Waals surface area contributed by atoms with Gasteiger partial charge in [-0.1, -0.05) is 20.3 Å². The minimum absolute atomic E-state index is 0.137. The molecule has 0 aliphatic carbocycles. The van der Waals surface area contributed by atoms with Crippen LogP contribution in [0.4, 0.5) is 0 Å². The predicted octanol–water partition coefficient (Wildman–Crippen LogP) is 1.86. The number of hydrogen-bond acceptors (Lipinski definition) is 2. The molecule has 0 rings (SSSR count). The average Bonchev–Trinajstić information content (AvgIpc) is 1.63. The molecule has 0 bridgehead atoms. The first kappa shape index (κ1) is 9.31. The maximum atomic E-state index is 9.17. The Hall–Kier alpha value is 0.310. The fourth-order valence-electron chi connectivity index (χ4n) is 0.845. The van der Waals surface area contributed by atoms with Gasteiger partial charge in [-0.2, -0.15) is 12.6 Å². The molecule has 1 nitrogen and oxygen atoms in total. The summed E-state index contributed by atoms with van der Waals surface area (Å²) < 4.78 is 0. The summed E-state index contributed by atoms with van der Waals surface area (Å²) in [5.41, 5.74) is 0. The van der Waals surface area contributed by atoms with E-state index in [4.69, 9.17) is 0 Å². The van der Waals surface area contributed by atoms with Gasteiger partial charge in [-0.15, -0.1) is 0 Å². The van der Waals surface area contributed by atoms with Crippen molar-refractivity contribution < 1.29 is 5.11 Å². The van der Waals surface area contributed by atoms with Crippen molar-refractivity contribution >= 4 is 12.6 Å². The van der Waals surface area contributed by atoms with Gasteiger partial charge in [0.05, 0.1) is 6.10 Å². The van der Waals surface area contributed by atoms with Crippen LogP contribution in [0.25, 0.3) is 0 Å². The quantitative estimate of drug-likeness (QED) is 0.583. The monoisotopic (exact) mass is 148 g/mol. The van der Waals surface area contributed by atoms with Crippen molar-refractivity contribution in [2.24, 2.45) is 0 Å². The molecule has 0 aromatic rings. The smallest absolute Gasteiger partial charge is 0.0550 e. The zero-order valence-electron chi connectivity index (χ0n) is 6.17. The summed E-state index contributed by atoms with van der Waals surface area (Å²) in [5, 5.41) is 9.50. The molecule has 0 spiro atoms. The van der Waals surface area contributed by atoms with Crippen molar-refractivity contribution in [3.05, 3.63) is 0 Å². The Morgan fingerprint density at radius 2 is 2.11 bits per heavy atom. The molecule has 0 aliphatic rings. The zero-order valence-corrected chi connectivity index (χ0v) is 7.06. The SMILES string of the molecule is CCCC(O)CC(C)S. The van der Waals surface area contributed by atoms with Gasteiger partial charge in [0.1, 0.15) is 0 Å². The number of hydrogen-bond donors (Lipinski definition) is 2. The number of aliphatic hydroxyl groups excluding tert-OH is 1. The molecule has 0 amide bonds. The van der Waals surface area contributed by atoms with Crippen LogP contribution in [0.2, 0.25) is 0 Å². The van der Waals surface area contributed by atoms with Gasteiger partial charge in [-0.3, -0.25) is 0 Å². The van der Waals surface area contributed by atoms with Crippen molar-refractivity contribution in [2.45, 2.75) is 44.5 Å². The summed E-state index contributed by atoms with van der Waals surface area (Å²) in [5.74, 6) is 0. The molecule has 0 saturated carbocycles. The molecule has 56 valence electrons. The Bertz CT molecular complexity index is 63.9. The Kier molecular flexibility index (Phi) is 5.30. The van der Waals surface area contributed by atoms with Gasteiger partial charge < -0.3 is 5.11 Å². The van der Waals surface area contributed by atoms with Gasteiger partial charge in [0.2, 0.25) is 0 Å². The molecule has 0 heterocycles. The van der Waals surface area contributed by atoms with Crippen molar-refractivity contribution in [3.8, 4) is 0 Å². The maximum absolute atomic E-state index is 9.17. The van der Waals surface area contributed by atoms with Gasteiger partial charge >= 0.3 is 0 Å². The van der Waals surface area contributed by atoms with Crippen LogP contribution < -0.4 is 0 Å². The van der Waals surface area contributed by atoms with Crippen molar-refractivity contribution in [3.63, 3.8) is 0 Å². The molecule has 9 heavy (non-hydrogen) atoms. The van der Waals surface area contributed by atoms with Crippen LogP contribution >= 0.6 is 12.6 Å². The highest BCUT2D eigenvalue weighted by molar-refractivity contribution is 7.80. The molecule has 1 N–H and O–H groups in total. The predicted molar refractivity (Wildman–Crippen MR) is 44.0 cm³/mol. The molecule has 0 aromatic carbocycles. The van der Waals surface area contributed by atoms with Crippen LogP contribution in [-0.2, 0) is 0 Å². The second kappa shape index (κ2) is 5.12. The van der Waals surface area contributed by atoms with Crippen LogP contribution in [0.5, 0.6) is 0 Å². The van der Waals surface area contributed by atoms with E-state index in [1.165, 1.54) is 0 Å². The fraction of sp³-hybridized carbons (Fsp3) is 1.00. The summed E-state index contributed by atoms with van der Waals surface area (Å²) in [4.78, 5) is 0. The van der Waals surface area contributed by atoms with E-state index >= 15 is 0 Å². The molecular weight excluding hydrogens is 132 g/mol. The van der Waals surface area contributed by atoms with Crippen LogP contribution in [0, 0.1) is 0 Å². The summed E-state index contributed by atoms with van der Waals surface area (Å²) in [6, 6.07) is 0. The Labute approximate surface area is 62.9 Å². The third kappa shape index (κ3) is 6.19. The highest BCUT2D eigenvalue weighted by atomic mass is 32.1. The second-order valence-electron chi connectivity index (χ2n) is 2.53. The largest absolute Gasteiger partial charge is 0.393 e. The molecule has 0 saturated heterocycles. The zero-order chi connectivity index (χ0) is 7.28. The van der Waals surface area contributed by atoms with E-state index in [0.717, 1.165) is 19.3 Å². The molecule has 2 atom stereocenters. The molecule has 0 fully saturated rings. The first-order valence-corrected chi connectivity index (χ1v) is 4.04. The lowest BCUT2D eigenvalue weighted by molar-refractivity contribution is 0.154. The highest BCUT2D eigenvalue weighted by Crippen LogP contribution is 2.07. The summed E-state index contributed by atoms with van der Waals surface area (Å²) in [7, 11) is 0. The average molecular weight is 148 g/mol. The summed E-state index contributed by atoms with van der Waals surface area (Å²) >= 11 is 4.17. The normalized spacial score (nSPS) is 17.3. The lowest BCUT2D eigenvalue weighted by atomic mass is 10.1. The minimum atomic E-state index is -0.137. The molecule has 2 unspecified atom stereocenters. The van der Waals surface area contributed by atoms with E-state index in [2.05, 4.69) is 19.6 Å². The van der Waals surface area contributed by atoms with Crippen LogP contribution in [-0.4, -0.2) is 16.5 Å². The number of aliphatic hydroxyl groups is 1. The second-order valence-corrected chi connectivity index (χ2v) is 3.41. The highest BCUT2D eigenvalue weighted by Gasteiger charge is 2.04. The van der Waals surface area contributed by atoms with Gasteiger partial charge in [-0.25, -0.2) is 0 Å². The summed E-state index contributed by atoms with van der Waals surface area (Å²) in [6.07, 6.45) is 2.64. The van der Waals surface area contributed by atoms with Gasteiger partial charge in [0, 0.05) is 5.25 Å². The topological polar surface area (TPSA) is 20.2 Å². The Morgan fingerprint density at radius 1 is 1.56 bits per heavy atom. The maximum Gasteiger partial charge on any atom is 0.0550 e. The molecule has 0 aliphatic heterocycles. The minimum Gasteiger partial charge on any atom is -0.393 e. The number of thiol groups is 1. The molecule has 0 aromatic heterocycles. The van der Waals surface area contributed by atoms with E-state index in [1.807, 2.05) is 6.92 Å². The van der Waals surface area contributed by atoms with E-state index in [9.17, 15) is 5.11 Å². The number of rotatable bonds is 4. The standard InChI is InChI=1S/C7H16OS/c1-3-4-7(8)5-6(2)9/h6-9H,3-5H2,1-2H3. The van der Waals surface area contributed by atoms with Gasteiger partial charge in [0.15, 0.2) is 0 Å². The summed E-state index contributed by atoms with van der Waals surface area (Å²) in [6.45, 7) is 4.08. The van der Waals surface area contributed by atoms with Crippen molar-refractivity contribution in [1.82, 2.24) is 0 Å². The Balaban J connectivity index is 3.15. The van der Waals surface area contributed by atoms with Crippen LogP contribution in [0.3, 0.4) is 0 Å². The van der Waals surface area contributed by atoms with E-state index < -0.39 is 0 Å². The van der Waals surface area contributed by atoms with E-state index in [-0.39, 0.29) is 6.10 Å². The lowest BCUT2D eigenvalue weighted by Crippen LogP contribution is -2.10. The van der Waals surface area contributed by atoms with Crippen LogP contribution in [0.15, 0.2) is 0 Å². The van der Waals surface area contributed by atoms with Gasteiger partial charge in [-0.05, 0) is 12.8 Å². The lowest BCUT2D eigenvalue weighted by Gasteiger charge is -2.09. The third-order valence-corrected chi connectivity index (χ3v) is 1.45. The molecule has 2 heteroatoms.